The summed E-state index contributed by atoms with van der Waals surface area (Å²) in [7, 11) is 3.18. The normalized spacial score (nSPS) is 17.9. The van der Waals surface area contributed by atoms with Gasteiger partial charge in [-0.2, -0.15) is 0 Å². The van der Waals surface area contributed by atoms with Crippen molar-refractivity contribution in [1.29, 1.82) is 0 Å². The molecular formula is C29H27ClN4O5. The molecule has 1 unspecified atom stereocenters. The number of Topliss-reactive ketones (excluding diaryl/α,β-unsaturated/α-hetero) is 1. The third-order valence-corrected chi connectivity index (χ3v) is 7.28. The lowest BCUT2D eigenvalue weighted by Gasteiger charge is -2.37. The van der Waals surface area contributed by atoms with E-state index in [4.69, 9.17) is 35.5 Å². The second kappa shape index (κ2) is 9.57. The number of hydrogen-bond donors (Lipinski definition) is 0. The van der Waals surface area contributed by atoms with Crippen molar-refractivity contribution in [3.8, 4) is 23.1 Å². The molecular weight excluding hydrogens is 520 g/mol. The maximum absolute atomic E-state index is 13.7. The van der Waals surface area contributed by atoms with Crippen molar-refractivity contribution >= 4 is 23.0 Å². The molecule has 6 rings (SSSR count). The molecule has 3 heterocycles. The molecule has 0 radical (unpaired) electrons. The largest absolute Gasteiger partial charge is 0.493 e. The Kier molecular flexibility index (Phi) is 6.18. The van der Waals surface area contributed by atoms with E-state index in [0.29, 0.717) is 69.4 Å². The van der Waals surface area contributed by atoms with Crippen LogP contribution in [0.25, 0.3) is 5.65 Å². The van der Waals surface area contributed by atoms with Gasteiger partial charge in [0.05, 0.1) is 25.7 Å². The summed E-state index contributed by atoms with van der Waals surface area (Å²) in [5.41, 5.74) is 2.45. The summed E-state index contributed by atoms with van der Waals surface area (Å²) in [5.74, 6) is 2.89. The molecule has 0 saturated heterocycles. The molecule has 1 aliphatic carbocycles. The van der Waals surface area contributed by atoms with Gasteiger partial charge in [0.15, 0.2) is 28.8 Å². The Labute approximate surface area is 230 Å². The highest BCUT2D eigenvalue weighted by Gasteiger charge is 2.44. The topological polar surface area (TPSA) is 97.1 Å². The van der Waals surface area contributed by atoms with E-state index in [2.05, 4.69) is 23.9 Å². The summed E-state index contributed by atoms with van der Waals surface area (Å²) in [5, 5.41) is 5.21. The number of methoxy groups -OCH3 is 2. The van der Waals surface area contributed by atoms with Gasteiger partial charge < -0.3 is 18.9 Å². The van der Waals surface area contributed by atoms with E-state index in [9.17, 15) is 4.79 Å². The summed E-state index contributed by atoms with van der Waals surface area (Å²) in [6.07, 6.45) is 2.61. The van der Waals surface area contributed by atoms with Gasteiger partial charge >= 0.3 is 0 Å². The van der Waals surface area contributed by atoms with Gasteiger partial charge in [0, 0.05) is 23.4 Å². The van der Waals surface area contributed by atoms with Crippen molar-refractivity contribution in [3.63, 3.8) is 0 Å². The first-order chi connectivity index (χ1) is 18.8. The lowest BCUT2D eigenvalue weighted by atomic mass is 9.70. The van der Waals surface area contributed by atoms with E-state index < -0.39 is 5.92 Å². The van der Waals surface area contributed by atoms with Crippen LogP contribution in [-0.2, 0) is 11.4 Å². The molecule has 2 aromatic heterocycles. The third kappa shape index (κ3) is 4.57. The minimum absolute atomic E-state index is 0.0412. The SMILES string of the molecule is COc1ccc(C2C3=C(CC(C)(C)CC3=O)Oc3ncn4nc(COc5ccc(Cl)cc5)nc4c32)cc1OC. The van der Waals surface area contributed by atoms with Crippen molar-refractivity contribution in [3.05, 3.63) is 82.1 Å². The van der Waals surface area contributed by atoms with E-state index in [1.165, 1.54) is 0 Å². The maximum atomic E-state index is 13.7. The van der Waals surface area contributed by atoms with E-state index >= 15 is 0 Å². The van der Waals surface area contributed by atoms with Gasteiger partial charge in [-0.1, -0.05) is 31.5 Å². The zero-order valence-corrected chi connectivity index (χ0v) is 22.8. The quantitative estimate of drug-likeness (QED) is 0.311. The van der Waals surface area contributed by atoms with Crippen LogP contribution < -0.4 is 18.9 Å². The molecule has 0 N–H and O–H groups in total. The van der Waals surface area contributed by atoms with E-state index in [0.717, 1.165) is 5.56 Å². The lowest BCUT2D eigenvalue weighted by Crippen LogP contribution is -2.33. The number of aromatic nitrogens is 4. The monoisotopic (exact) mass is 546 g/mol. The van der Waals surface area contributed by atoms with Gasteiger partial charge in [-0.15, -0.1) is 5.10 Å². The summed E-state index contributed by atoms with van der Waals surface area (Å²) in [6, 6.07) is 12.7. The molecule has 10 heteroatoms. The molecule has 2 aromatic carbocycles. The predicted octanol–water partition coefficient (Wildman–Crippen LogP) is 5.54. The van der Waals surface area contributed by atoms with Gasteiger partial charge in [0.1, 0.15) is 24.4 Å². The second-order valence-corrected chi connectivity index (χ2v) is 10.9. The van der Waals surface area contributed by atoms with Gasteiger partial charge in [-0.25, -0.2) is 14.5 Å². The first kappa shape index (κ1) is 25.2. The van der Waals surface area contributed by atoms with Crippen LogP contribution in [0.1, 0.15) is 49.6 Å². The Morgan fingerprint density at radius 3 is 2.59 bits per heavy atom. The van der Waals surface area contributed by atoms with Crippen molar-refractivity contribution < 1.29 is 23.7 Å². The maximum Gasteiger partial charge on any atom is 0.228 e. The molecule has 0 amide bonds. The molecule has 1 aliphatic heterocycles. The fourth-order valence-corrected chi connectivity index (χ4v) is 5.42. The predicted molar refractivity (Wildman–Crippen MR) is 144 cm³/mol. The smallest absolute Gasteiger partial charge is 0.228 e. The van der Waals surface area contributed by atoms with Crippen molar-refractivity contribution in [2.45, 2.75) is 39.2 Å². The number of fused-ring (bicyclic) bond motifs is 3. The second-order valence-electron chi connectivity index (χ2n) is 10.4. The van der Waals surface area contributed by atoms with Crippen molar-refractivity contribution in [2.24, 2.45) is 5.41 Å². The summed E-state index contributed by atoms with van der Waals surface area (Å²) < 4.78 is 24.8. The fourth-order valence-electron chi connectivity index (χ4n) is 5.30. The Bertz CT molecular complexity index is 1630. The zero-order valence-electron chi connectivity index (χ0n) is 22.0. The van der Waals surface area contributed by atoms with E-state index in [-0.39, 0.29) is 17.8 Å². The number of hydrogen-bond acceptors (Lipinski definition) is 8. The molecule has 4 aromatic rings. The Hall–Kier alpha value is -4.11. The number of carbonyl (C=O) groups is 1. The van der Waals surface area contributed by atoms with Gasteiger partial charge in [0.25, 0.3) is 0 Å². The molecule has 39 heavy (non-hydrogen) atoms. The molecule has 1 atom stereocenters. The van der Waals surface area contributed by atoms with Gasteiger partial charge in [-0.3, -0.25) is 4.79 Å². The minimum Gasteiger partial charge on any atom is -0.493 e. The van der Waals surface area contributed by atoms with Crippen molar-refractivity contribution in [1.82, 2.24) is 19.6 Å². The number of rotatable bonds is 6. The van der Waals surface area contributed by atoms with Crippen molar-refractivity contribution in [2.75, 3.05) is 14.2 Å². The highest BCUT2D eigenvalue weighted by molar-refractivity contribution is 6.30. The number of carbonyl (C=O) groups excluding carboxylic acids is 1. The van der Waals surface area contributed by atoms with Crippen LogP contribution in [-0.4, -0.2) is 39.6 Å². The highest BCUT2D eigenvalue weighted by Crippen LogP contribution is 2.51. The fraction of sp³-hybridized carbons (Fsp3) is 0.310. The Morgan fingerprint density at radius 1 is 1.08 bits per heavy atom. The Morgan fingerprint density at radius 2 is 1.85 bits per heavy atom. The van der Waals surface area contributed by atoms with Crippen LogP contribution in [0.2, 0.25) is 5.02 Å². The van der Waals surface area contributed by atoms with Gasteiger partial charge in [0.2, 0.25) is 5.88 Å². The van der Waals surface area contributed by atoms with Crippen LogP contribution >= 0.6 is 11.6 Å². The van der Waals surface area contributed by atoms with E-state index in [1.807, 2.05) is 18.2 Å². The summed E-state index contributed by atoms with van der Waals surface area (Å²) in [4.78, 5) is 23.0. The summed E-state index contributed by atoms with van der Waals surface area (Å²) in [6.45, 7) is 4.28. The highest BCUT2D eigenvalue weighted by atomic mass is 35.5. The van der Waals surface area contributed by atoms with Crippen LogP contribution in [0, 0.1) is 5.41 Å². The zero-order chi connectivity index (χ0) is 27.3. The molecule has 0 fully saturated rings. The average molecular weight is 547 g/mol. The number of halogens is 1. The average Bonchev–Trinajstić information content (AvgIpc) is 3.34. The number of benzene rings is 2. The van der Waals surface area contributed by atoms with Crippen LogP contribution in [0.3, 0.4) is 0 Å². The van der Waals surface area contributed by atoms with Crippen LogP contribution in [0.4, 0.5) is 0 Å². The number of allylic oxidation sites excluding steroid dienone is 2. The molecule has 200 valence electrons. The standard InChI is InChI=1S/C29H27ClN4O5/c1-29(2)12-19(35)25-22(13-29)39-28-26(24(25)16-5-10-20(36-3)21(11-16)37-4)27-32-23(33-34(27)15-31-28)14-38-18-8-6-17(30)7-9-18/h5-11,15,24H,12-14H2,1-4H3. The minimum atomic E-state index is -0.474. The molecule has 9 nitrogen and oxygen atoms in total. The summed E-state index contributed by atoms with van der Waals surface area (Å²) >= 11 is 5.98. The number of ether oxygens (including phenoxy) is 4. The van der Waals surface area contributed by atoms with Crippen LogP contribution in [0.5, 0.6) is 23.1 Å². The third-order valence-electron chi connectivity index (χ3n) is 7.03. The number of ketones is 1. The molecule has 2 aliphatic rings. The first-order valence-electron chi connectivity index (χ1n) is 12.5. The molecule has 0 saturated carbocycles. The lowest BCUT2D eigenvalue weighted by molar-refractivity contribution is -0.118. The Balaban J connectivity index is 1.48. The molecule has 0 bridgehead atoms. The first-order valence-corrected chi connectivity index (χ1v) is 12.9. The molecule has 0 spiro atoms. The van der Waals surface area contributed by atoms with E-state index in [1.54, 1.807) is 49.3 Å². The number of nitrogens with zero attached hydrogens (tertiary/aromatic N) is 4. The van der Waals surface area contributed by atoms with Crippen LogP contribution in [0.15, 0.2) is 60.1 Å². The van der Waals surface area contributed by atoms with Gasteiger partial charge in [-0.05, 0) is 47.4 Å².